The van der Waals surface area contributed by atoms with Crippen LogP contribution in [0.1, 0.15) is 18.4 Å². The quantitative estimate of drug-likeness (QED) is 0.858. The molecule has 96 valence electrons. The van der Waals surface area contributed by atoms with Crippen LogP contribution in [0.5, 0.6) is 0 Å². The zero-order valence-corrected chi connectivity index (χ0v) is 11.7. The van der Waals surface area contributed by atoms with Gasteiger partial charge in [0.15, 0.2) is 0 Å². The number of aromatic nitrogens is 1. The number of hydrogen-bond acceptors (Lipinski definition) is 2. The van der Waals surface area contributed by atoms with E-state index in [0.717, 1.165) is 19.1 Å². The van der Waals surface area contributed by atoms with E-state index in [1.807, 2.05) is 11.8 Å². The Bertz CT molecular complexity index is 528. The third kappa shape index (κ3) is 2.73. The molecule has 0 bridgehead atoms. The van der Waals surface area contributed by atoms with Crippen LogP contribution in [0.2, 0.25) is 0 Å². The zero-order chi connectivity index (χ0) is 12.4. The van der Waals surface area contributed by atoms with Crippen LogP contribution in [0.25, 0.3) is 10.9 Å². The molecule has 0 radical (unpaired) electrons. The van der Waals surface area contributed by atoms with Gasteiger partial charge in [-0.15, -0.1) is 0 Å². The monoisotopic (exact) mass is 260 g/mol. The van der Waals surface area contributed by atoms with E-state index in [1.165, 1.54) is 35.1 Å². The molecule has 3 rings (SSSR count). The maximum absolute atomic E-state index is 3.57. The highest BCUT2D eigenvalue weighted by Gasteiger charge is 2.19. The molecule has 0 amide bonds. The summed E-state index contributed by atoms with van der Waals surface area (Å²) in [5.41, 5.74) is 2.76. The second-order valence-electron chi connectivity index (χ2n) is 5.05. The maximum Gasteiger partial charge on any atom is 0.0480 e. The molecule has 3 heteroatoms. The Labute approximate surface area is 113 Å². The molecule has 1 aliphatic carbocycles. The van der Waals surface area contributed by atoms with Crippen LogP contribution in [0.15, 0.2) is 30.5 Å². The molecular weight excluding hydrogens is 240 g/mol. The molecule has 1 N–H and O–H groups in total. The van der Waals surface area contributed by atoms with Crippen molar-refractivity contribution in [1.82, 2.24) is 9.88 Å². The van der Waals surface area contributed by atoms with E-state index in [4.69, 9.17) is 0 Å². The van der Waals surface area contributed by atoms with Crippen LogP contribution in [0, 0.1) is 0 Å². The number of hydrogen-bond donors (Lipinski definition) is 1. The minimum Gasteiger partial charge on any atom is -0.347 e. The predicted octanol–water partition coefficient (Wildman–Crippen LogP) is 3.26. The molecule has 0 atom stereocenters. The van der Waals surface area contributed by atoms with E-state index in [1.54, 1.807) is 0 Å². The highest BCUT2D eigenvalue weighted by molar-refractivity contribution is 7.98. The summed E-state index contributed by atoms with van der Waals surface area (Å²) in [5, 5.41) is 4.94. The van der Waals surface area contributed by atoms with E-state index < -0.39 is 0 Å². The van der Waals surface area contributed by atoms with Crippen LogP contribution in [0.4, 0.5) is 0 Å². The summed E-state index contributed by atoms with van der Waals surface area (Å²) in [6.07, 6.45) is 7.08. The van der Waals surface area contributed by atoms with E-state index in [0.29, 0.717) is 0 Å². The lowest BCUT2D eigenvalue weighted by Gasteiger charge is -2.06. The number of nitrogens with zero attached hydrogens (tertiary/aromatic N) is 1. The topological polar surface area (TPSA) is 17.0 Å². The van der Waals surface area contributed by atoms with Crippen LogP contribution in [-0.4, -0.2) is 22.6 Å². The smallest absolute Gasteiger partial charge is 0.0480 e. The van der Waals surface area contributed by atoms with E-state index in [9.17, 15) is 0 Å². The Morgan fingerprint density at radius 2 is 2.22 bits per heavy atom. The molecule has 1 fully saturated rings. The van der Waals surface area contributed by atoms with Gasteiger partial charge in [0.25, 0.3) is 0 Å². The summed E-state index contributed by atoms with van der Waals surface area (Å²) >= 11 is 1.90. The lowest BCUT2D eigenvalue weighted by atomic mass is 10.1. The lowest BCUT2D eigenvalue weighted by Crippen LogP contribution is -2.15. The van der Waals surface area contributed by atoms with Gasteiger partial charge in [-0.3, -0.25) is 0 Å². The first-order valence-corrected chi connectivity index (χ1v) is 8.06. The summed E-state index contributed by atoms with van der Waals surface area (Å²) in [7, 11) is 0. The second kappa shape index (κ2) is 5.37. The highest BCUT2D eigenvalue weighted by Crippen LogP contribution is 2.21. The SMILES string of the molecule is CSCCn1ccc2cc(CNC3CC3)ccc21. The van der Waals surface area contributed by atoms with Crippen molar-refractivity contribution in [2.45, 2.75) is 32.0 Å². The van der Waals surface area contributed by atoms with Crippen LogP contribution >= 0.6 is 11.8 Å². The molecule has 0 unspecified atom stereocenters. The van der Waals surface area contributed by atoms with E-state index in [2.05, 4.69) is 46.6 Å². The molecule has 1 saturated carbocycles. The van der Waals surface area contributed by atoms with Gasteiger partial charge in [-0.2, -0.15) is 11.8 Å². The second-order valence-corrected chi connectivity index (χ2v) is 6.04. The Balaban J connectivity index is 1.75. The van der Waals surface area contributed by atoms with Crippen molar-refractivity contribution in [3.63, 3.8) is 0 Å². The van der Waals surface area contributed by atoms with Gasteiger partial charge in [-0.1, -0.05) is 6.07 Å². The van der Waals surface area contributed by atoms with Crippen LogP contribution in [-0.2, 0) is 13.1 Å². The van der Waals surface area contributed by atoms with Crippen LogP contribution in [0.3, 0.4) is 0 Å². The summed E-state index contributed by atoms with van der Waals surface area (Å²) in [4.78, 5) is 0. The fourth-order valence-corrected chi connectivity index (χ4v) is 2.67. The number of fused-ring (bicyclic) bond motifs is 1. The van der Waals surface area contributed by atoms with Crippen molar-refractivity contribution in [3.05, 3.63) is 36.0 Å². The molecule has 0 aliphatic heterocycles. The van der Waals surface area contributed by atoms with Crippen LogP contribution < -0.4 is 5.32 Å². The fraction of sp³-hybridized carbons (Fsp3) is 0.467. The Morgan fingerprint density at radius 1 is 1.33 bits per heavy atom. The first kappa shape index (κ1) is 12.1. The van der Waals surface area contributed by atoms with Crippen molar-refractivity contribution in [3.8, 4) is 0 Å². The minimum absolute atomic E-state index is 0.784. The predicted molar refractivity (Wildman–Crippen MR) is 80.2 cm³/mol. The summed E-state index contributed by atoms with van der Waals surface area (Å²) in [6, 6.07) is 9.86. The van der Waals surface area contributed by atoms with Gasteiger partial charge in [0, 0.05) is 36.6 Å². The standard InChI is InChI=1S/C15H20N2S/c1-18-9-8-17-7-6-13-10-12(2-5-15(13)17)11-16-14-3-4-14/h2,5-7,10,14,16H,3-4,8-9,11H2,1H3. The number of rotatable bonds is 6. The number of nitrogens with one attached hydrogen (secondary N) is 1. The first-order chi connectivity index (χ1) is 8.86. The molecule has 0 spiro atoms. The molecule has 0 saturated heterocycles. The van der Waals surface area contributed by atoms with Gasteiger partial charge in [0.05, 0.1) is 0 Å². The molecule has 2 nitrogen and oxygen atoms in total. The Morgan fingerprint density at radius 3 is 3.00 bits per heavy atom. The highest BCUT2D eigenvalue weighted by atomic mass is 32.2. The Hall–Kier alpha value is -0.930. The lowest BCUT2D eigenvalue weighted by molar-refractivity contribution is 0.688. The van der Waals surface area contributed by atoms with Gasteiger partial charge in [0.2, 0.25) is 0 Å². The van der Waals surface area contributed by atoms with Crippen molar-refractivity contribution in [2.24, 2.45) is 0 Å². The summed E-state index contributed by atoms with van der Waals surface area (Å²) < 4.78 is 2.35. The van der Waals surface area contributed by atoms with Gasteiger partial charge in [0.1, 0.15) is 0 Å². The van der Waals surface area contributed by atoms with Crippen molar-refractivity contribution >= 4 is 22.7 Å². The number of benzene rings is 1. The molecule has 18 heavy (non-hydrogen) atoms. The third-order valence-electron chi connectivity index (χ3n) is 3.54. The van der Waals surface area contributed by atoms with Crippen molar-refractivity contribution < 1.29 is 0 Å². The van der Waals surface area contributed by atoms with E-state index in [-0.39, 0.29) is 0 Å². The molecular formula is C15H20N2S. The van der Waals surface area contributed by atoms with Gasteiger partial charge >= 0.3 is 0 Å². The normalized spacial score (nSPS) is 15.4. The van der Waals surface area contributed by atoms with Gasteiger partial charge in [-0.25, -0.2) is 0 Å². The van der Waals surface area contributed by atoms with E-state index >= 15 is 0 Å². The molecule has 1 aromatic heterocycles. The minimum atomic E-state index is 0.784. The number of thioether (sulfide) groups is 1. The Kier molecular flexibility index (Phi) is 3.62. The van der Waals surface area contributed by atoms with Gasteiger partial charge in [-0.05, 0) is 48.2 Å². The zero-order valence-electron chi connectivity index (χ0n) is 10.9. The fourth-order valence-electron chi connectivity index (χ4n) is 2.29. The molecule has 1 heterocycles. The van der Waals surface area contributed by atoms with Crippen molar-refractivity contribution in [2.75, 3.05) is 12.0 Å². The van der Waals surface area contributed by atoms with Gasteiger partial charge < -0.3 is 9.88 Å². The first-order valence-electron chi connectivity index (χ1n) is 6.67. The average Bonchev–Trinajstić information content (AvgIpc) is 3.14. The molecule has 2 aromatic rings. The third-order valence-corrected chi connectivity index (χ3v) is 4.13. The summed E-state index contributed by atoms with van der Waals surface area (Å²) in [6.45, 7) is 2.11. The maximum atomic E-state index is 3.57. The largest absolute Gasteiger partial charge is 0.347 e. The average molecular weight is 260 g/mol. The molecule has 1 aliphatic rings. The number of aryl methyl sites for hydroxylation is 1. The summed E-state index contributed by atoms with van der Waals surface area (Å²) in [5.74, 6) is 1.18. The van der Waals surface area contributed by atoms with Crippen molar-refractivity contribution in [1.29, 1.82) is 0 Å². The molecule has 1 aromatic carbocycles.